The van der Waals surface area contributed by atoms with Gasteiger partial charge in [-0.05, 0) is 24.3 Å². The lowest BCUT2D eigenvalue weighted by molar-refractivity contribution is -0.143. The van der Waals surface area contributed by atoms with Crippen LogP contribution in [-0.2, 0) is 20.9 Å². The number of nitrogens with one attached hydrogen (secondary N) is 3. The van der Waals surface area contributed by atoms with E-state index in [9.17, 15) is 23.2 Å². The van der Waals surface area contributed by atoms with Gasteiger partial charge in [0.1, 0.15) is 11.8 Å². The molecule has 2 aromatic carbocycles. The lowest BCUT2D eigenvalue weighted by Gasteiger charge is -2.24. The highest BCUT2D eigenvalue weighted by molar-refractivity contribution is 6.33. The maximum Gasteiger partial charge on any atom is 0.343 e. The van der Waals surface area contributed by atoms with Gasteiger partial charge in [0, 0.05) is 18.3 Å². The Labute approximate surface area is 192 Å². The number of benzene rings is 2. The summed E-state index contributed by atoms with van der Waals surface area (Å²) < 4.78 is 36.7. The second-order valence-electron chi connectivity index (χ2n) is 6.68. The van der Waals surface area contributed by atoms with Gasteiger partial charge in [-0.15, -0.1) is 5.12 Å². The number of para-hydroxylation sites is 1. The molecule has 0 spiro atoms. The molecule has 2 amide bonds. The van der Waals surface area contributed by atoms with Crippen LogP contribution < -0.4 is 20.9 Å². The molecule has 0 aliphatic carbocycles. The lowest BCUT2D eigenvalue weighted by Crippen LogP contribution is -2.55. The summed E-state index contributed by atoms with van der Waals surface area (Å²) >= 11 is 5.83. The van der Waals surface area contributed by atoms with E-state index in [0.29, 0.717) is 23.4 Å². The number of ether oxygens (including phenoxy) is 2. The molecule has 1 unspecified atom stereocenters. The Morgan fingerprint density at radius 1 is 1.18 bits per heavy atom. The first-order chi connectivity index (χ1) is 15.8. The first-order valence-corrected chi connectivity index (χ1v) is 9.90. The fourth-order valence-corrected chi connectivity index (χ4v) is 3.06. The van der Waals surface area contributed by atoms with Gasteiger partial charge in [-0.25, -0.2) is 13.6 Å². The number of hydrazine groups is 2. The molecule has 9 nitrogen and oxygen atoms in total. The van der Waals surface area contributed by atoms with Gasteiger partial charge < -0.3 is 20.2 Å². The summed E-state index contributed by atoms with van der Waals surface area (Å²) in [4.78, 5) is 36.4. The fraction of sp³-hybridized carbons (Fsp3) is 0.190. The normalized spacial score (nSPS) is 15.0. The second-order valence-corrected chi connectivity index (χ2v) is 7.09. The maximum atomic E-state index is 13.5. The van der Waals surface area contributed by atoms with Crippen molar-refractivity contribution in [3.05, 3.63) is 76.5 Å². The van der Waals surface area contributed by atoms with Crippen LogP contribution in [0.2, 0.25) is 5.02 Å². The van der Waals surface area contributed by atoms with E-state index in [2.05, 4.69) is 20.9 Å². The molecular formula is C21H19ClF2N4O5. The van der Waals surface area contributed by atoms with E-state index in [4.69, 9.17) is 16.3 Å². The van der Waals surface area contributed by atoms with Crippen LogP contribution >= 0.6 is 11.6 Å². The van der Waals surface area contributed by atoms with E-state index >= 15 is 0 Å². The van der Waals surface area contributed by atoms with Crippen molar-refractivity contribution in [2.24, 2.45) is 0 Å². The van der Waals surface area contributed by atoms with Gasteiger partial charge >= 0.3 is 5.97 Å². The zero-order valence-corrected chi connectivity index (χ0v) is 18.0. The van der Waals surface area contributed by atoms with Crippen molar-refractivity contribution in [3.63, 3.8) is 0 Å². The minimum atomic E-state index is -1.24. The molecule has 174 valence electrons. The molecule has 1 aliphatic heterocycles. The van der Waals surface area contributed by atoms with Gasteiger partial charge in [0.15, 0.2) is 18.2 Å². The molecule has 33 heavy (non-hydrogen) atoms. The molecule has 0 saturated heterocycles. The minimum absolute atomic E-state index is 0.0668. The summed E-state index contributed by atoms with van der Waals surface area (Å²) in [6.07, 6.45) is 2.90. The van der Waals surface area contributed by atoms with E-state index in [0.717, 1.165) is 5.12 Å². The highest BCUT2D eigenvalue weighted by atomic mass is 35.5. The molecule has 0 aromatic heterocycles. The van der Waals surface area contributed by atoms with Crippen LogP contribution in [0.5, 0.6) is 5.75 Å². The molecule has 0 fully saturated rings. The first kappa shape index (κ1) is 24.0. The monoisotopic (exact) mass is 480 g/mol. The number of carbonyl (C=O) groups excluding carboxylic acids is 3. The zero-order valence-electron chi connectivity index (χ0n) is 17.2. The molecule has 12 heteroatoms. The topological polar surface area (TPSA) is 109 Å². The third-order valence-electron chi connectivity index (χ3n) is 4.51. The van der Waals surface area contributed by atoms with Gasteiger partial charge in [-0.3, -0.25) is 15.0 Å². The van der Waals surface area contributed by atoms with Crippen LogP contribution in [-0.4, -0.2) is 42.7 Å². The van der Waals surface area contributed by atoms with Crippen molar-refractivity contribution in [1.82, 2.24) is 21.3 Å². The number of methoxy groups -OCH3 is 1. The number of halogens is 3. The molecule has 0 radical (unpaired) electrons. The molecule has 1 atom stereocenters. The third-order valence-corrected chi connectivity index (χ3v) is 4.83. The number of esters is 1. The van der Waals surface area contributed by atoms with Crippen molar-refractivity contribution in [2.75, 3.05) is 13.7 Å². The molecule has 0 bridgehead atoms. The van der Waals surface area contributed by atoms with E-state index in [1.165, 1.54) is 19.4 Å². The van der Waals surface area contributed by atoms with Gasteiger partial charge in [0.2, 0.25) is 5.91 Å². The van der Waals surface area contributed by atoms with Crippen LogP contribution in [0.25, 0.3) is 0 Å². The minimum Gasteiger partial charge on any atom is -0.482 e. The molecule has 1 heterocycles. The van der Waals surface area contributed by atoms with Gasteiger partial charge in [-0.1, -0.05) is 29.8 Å². The summed E-state index contributed by atoms with van der Waals surface area (Å²) in [6, 6.07) is 7.19. The lowest BCUT2D eigenvalue weighted by atomic mass is 10.2. The average molecular weight is 481 g/mol. The van der Waals surface area contributed by atoms with Crippen LogP contribution in [0.1, 0.15) is 15.9 Å². The summed E-state index contributed by atoms with van der Waals surface area (Å²) in [5.41, 5.74) is 5.33. The number of rotatable bonds is 8. The van der Waals surface area contributed by atoms with Gasteiger partial charge in [0.25, 0.3) is 5.91 Å². The van der Waals surface area contributed by atoms with Gasteiger partial charge in [0.05, 0.1) is 17.7 Å². The summed E-state index contributed by atoms with van der Waals surface area (Å²) in [7, 11) is 1.24. The van der Waals surface area contributed by atoms with Crippen molar-refractivity contribution in [3.8, 4) is 5.75 Å². The fourth-order valence-electron chi connectivity index (χ4n) is 2.83. The maximum absolute atomic E-state index is 13.5. The highest BCUT2D eigenvalue weighted by Gasteiger charge is 2.29. The standard InChI is InChI=1S/C21H19ClF2N4O5/c1-32-19(29)11-33-18-5-3-2-4-12(18)10-25-21(31)17-6-7-26-28(17)27-20(30)13-8-15(23)16(24)9-14(13)22/h2-9,17,26H,10-11H2,1H3,(H,25,31)(H,27,30). The Bertz CT molecular complexity index is 1100. The van der Waals surface area contributed by atoms with Crippen LogP contribution in [0.3, 0.4) is 0 Å². The van der Waals surface area contributed by atoms with Crippen molar-refractivity contribution >= 4 is 29.4 Å². The summed E-state index contributed by atoms with van der Waals surface area (Å²) in [5, 5.41) is 3.49. The Morgan fingerprint density at radius 2 is 1.91 bits per heavy atom. The van der Waals surface area contributed by atoms with Crippen LogP contribution in [0.4, 0.5) is 8.78 Å². The van der Waals surface area contributed by atoms with Crippen molar-refractivity contribution in [2.45, 2.75) is 12.6 Å². The number of nitrogens with zero attached hydrogens (tertiary/aromatic N) is 1. The molecular weight excluding hydrogens is 462 g/mol. The molecule has 1 aliphatic rings. The number of hydrogen-bond acceptors (Lipinski definition) is 7. The average Bonchev–Trinajstić information content (AvgIpc) is 3.26. The van der Waals surface area contributed by atoms with E-state index in [-0.39, 0.29) is 23.7 Å². The number of hydrogen-bond donors (Lipinski definition) is 3. The van der Waals surface area contributed by atoms with Crippen molar-refractivity contribution in [1.29, 1.82) is 0 Å². The van der Waals surface area contributed by atoms with Crippen molar-refractivity contribution < 1.29 is 32.6 Å². The summed E-state index contributed by atoms with van der Waals surface area (Å²) in [5.74, 6) is -3.93. The van der Waals surface area contributed by atoms with E-state index < -0.39 is 35.5 Å². The van der Waals surface area contributed by atoms with Gasteiger partial charge in [-0.2, -0.15) is 0 Å². The van der Waals surface area contributed by atoms with E-state index in [1.807, 2.05) is 0 Å². The van der Waals surface area contributed by atoms with E-state index in [1.54, 1.807) is 24.3 Å². The zero-order chi connectivity index (χ0) is 24.0. The summed E-state index contributed by atoms with van der Waals surface area (Å²) in [6.45, 7) is -0.222. The largest absolute Gasteiger partial charge is 0.482 e. The molecule has 2 aromatic rings. The van der Waals surface area contributed by atoms with Crippen LogP contribution in [0, 0.1) is 11.6 Å². The Hall–Kier alpha value is -3.70. The Morgan fingerprint density at radius 3 is 2.67 bits per heavy atom. The Balaban J connectivity index is 1.62. The predicted octanol–water partition coefficient (Wildman–Crippen LogP) is 1.83. The SMILES string of the molecule is COC(=O)COc1ccccc1CNC(=O)C1C=CNN1NC(=O)c1cc(F)c(F)cc1Cl. The first-order valence-electron chi connectivity index (χ1n) is 9.53. The Kier molecular flexibility index (Phi) is 7.80. The molecule has 3 rings (SSSR count). The molecule has 0 saturated carbocycles. The van der Waals surface area contributed by atoms with Crippen LogP contribution in [0.15, 0.2) is 48.7 Å². The number of amides is 2. The third kappa shape index (κ3) is 5.96. The smallest absolute Gasteiger partial charge is 0.343 e. The highest BCUT2D eigenvalue weighted by Crippen LogP contribution is 2.21. The number of carbonyl (C=O) groups is 3. The molecule has 3 N–H and O–H groups in total. The quantitative estimate of drug-likeness (QED) is 0.391. The predicted molar refractivity (Wildman–Crippen MR) is 113 cm³/mol. The second kappa shape index (κ2) is 10.7.